The molecule has 0 aromatic carbocycles. The third-order valence-electron chi connectivity index (χ3n) is 0.451. The van der Waals surface area contributed by atoms with Crippen molar-refractivity contribution < 1.29 is 13.2 Å². The van der Waals surface area contributed by atoms with Gasteiger partial charge in [0.1, 0.15) is 4.83 Å². The quantitative estimate of drug-likeness (QED) is 0.498. The molecule has 0 aliphatic heterocycles. The monoisotopic (exact) mass is 176 g/mol. The van der Waals surface area contributed by atoms with E-state index in [1.165, 1.54) is 0 Å². The largest absolute Gasteiger partial charge is 0.400 e. The molecule has 0 saturated carbocycles. The molecule has 0 amide bonds. The lowest BCUT2D eigenvalue weighted by atomic mass is 10.5. The van der Waals surface area contributed by atoms with Crippen molar-refractivity contribution in [3.8, 4) is 0 Å². The third-order valence-corrected chi connectivity index (χ3v) is 0.970. The van der Waals surface area contributed by atoms with Gasteiger partial charge in [0, 0.05) is 0 Å². The van der Waals surface area contributed by atoms with Crippen LogP contribution in [0.25, 0.3) is 0 Å². The first kappa shape index (κ1) is 7.27. The molecule has 0 nitrogen and oxygen atoms in total. The van der Waals surface area contributed by atoms with E-state index in [0.29, 0.717) is 0 Å². The zero-order valence-corrected chi connectivity index (χ0v) is 5.18. The van der Waals surface area contributed by atoms with E-state index in [-0.39, 0.29) is 0 Å². The van der Waals surface area contributed by atoms with E-state index in [0.717, 1.165) is 6.92 Å². The van der Waals surface area contributed by atoms with Gasteiger partial charge in [0.25, 0.3) is 0 Å². The molecule has 0 saturated heterocycles. The number of rotatable bonds is 0. The fourth-order valence-corrected chi connectivity index (χ4v) is 0. The highest BCUT2D eigenvalue weighted by molar-refractivity contribution is 9.09. The van der Waals surface area contributed by atoms with Gasteiger partial charge < -0.3 is 0 Å². The Morgan fingerprint density at radius 2 is 1.57 bits per heavy atom. The molecule has 0 aromatic heterocycles. The highest BCUT2D eigenvalue weighted by atomic mass is 79.9. The fraction of sp³-hybridized carbons (Fsp3) is 1.00. The second kappa shape index (κ2) is 2.03. The second-order valence-corrected chi connectivity index (χ2v) is 2.53. The van der Waals surface area contributed by atoms with Gasteiger partial charge in [-0.2, -0.15) is 13.2 Å². The number of hydrogen-bond acceptors (Lipinski definition) is 0. The molecule has 1 unspecified atom stereocenters. The third kappa shape index (κ3) is 2.91. The van der Waals surface area contributed by atoms with Crippen molar-refractivity contribution >= 4 is 15.9 Å². The molecule has 0 rings (SSSR count). The molecule has 0 aliphatic rings. The van der Waals surface area contributed by atoms with Crippen LogP contribution >= 0.6 is 15.9 Å². The van der Waals surface area contributed by atoms with Crippen molar-refractivity contribution in [3.05, 3.63) is 0 Å². The Morgan fingerprint density at radius 1 is 1.43 bits per heavy atom. The zero-order chi connectivity index (χ0) is 6.08. The van der Waals surface area contributed by atoms with Crippen LogP contribution in [0.2, 0.25) is 0 Å². The first-order valence-corrected chi connectivity index (χ1v) is 2.57. The summed E-state index contributed by atoms with van der Waals surface area (Å²) in [5.41, 5.74) is 0. The van der Waals surface area contributed by atoms with Gasteiger partial charge in [-0.25, -0.2) is 0 Å². The summed E-state index contributed by atoms with van der Waals surface area (Å²) >= 11 is 2.37. The molecule has 0 radical (unpaired) electrons. The first-order chi connectivity index (χ1) is 2.94. The fourth-order valence-electron chi connectivity index (χ4n) is 0. The second-order valence-electron chi connectivity index (χ2n) is 1.16. The molecule has 0 N–H and O–H groups in total. The number of hydrogen-bond donors (Lipinski definition) is 0. The summed E-state index contributed by atoms with van der Waals surface area (Å²) in [6.07, 6.45) is -4.08. The minimum absolute atomic E-state index is 1.04. The average Bonchev–Trinajstić information content (AvgIpc) is 1.31. The first-order valence-electron chi connectivity index (χ1n) is 1.65. The molecular formula is C3H4BrF3. The number of alkyl halides is 4. The Morgan fingerprint density at radius 3 is 1.57 bits per heavy atom. The van der Waals surface area contributed by atoms with Crippen molar-refractivity contribution in [2.75, 3.05) is 0 Å². The van der Waals surface area contributed by atoms with Gasteiger partial charge >= 0.3 is 6.18 Å². The molecule has 0 aliphatic carbocycles. The average molecular weight is 177 g/mol. The van der Waals surface area contributed by atoms with Gasteiger partial charge in [0.15, 0.2) is 0 Å². The summed E-state index contributed by atoms with van der Waals surface area (Å²) in [7, 11) is 0. The normalized spacial score (nSPS) is 16.7. The van der Waals surface area contributed by atoms with Gasteiger partial charge in [-0.05, 0) is 6.92 Å². The Balaban J connectivity index is 3.54. The van der Waals surface area contributed by atoms with Crippen LogP contribution < -0.4 is 0 Å². The lowest BCUT2D eigenvalue weighted by Crippen LogP contribution is -2.18. The van der Waals surface area contributed by atoms with E-state index in [1.54, 1.807) is 0 Å². The van der Waals surface area contributed by atoms with Gasteiger partial charge in [0.2, 0.25) is 0 Å². The van der Waals surface area contributed by atoms with Crippen LogP contribution in [0.5, 0.6) is 0 Å². The minimum Gasteiger partial charge on any atom is -0.170 e. The van der Waals surface area contributed by atoms with Crippen molar-refractivity contribution in [1.82, 2.24) is 0 Å². The van der Waals surface area contributed by atoms with Crippen LogP contribution in [0.15, 0.2) is 0 Å². The van der Waals surface area contributed by atoms with Crippen molar-refractivity contribution in [1.29, 1.82) is 0 Å². The molecule has 0 spiro atoms. The molecule has 7 heavy (non-hydrogen) atoms. The summed E-state index contributed by atoms with van der Waals surface area (Å²) in [5.74, 6) is 0. The Labute approximate surface area is 47.8 Å². The minimum atomic E-state index is -4.08. The van der Waals surface area contributed by atoms with E-state index < -0.39 is 11.0 Å². The van der Waals surface area contributed by atoms with Crippen LogP contribution in [0.3, 0.4) is 0 Å². The number of halogens is 4. The van der Waals surface area contributed by atoms with Crippen LogP contribution in [-0.4, -0.2) is 11.0 Å². The van der Waals surface area contributed by atoms with Crippen molar-refractivity contribution in [2.45, 2.75) is 17.9 Å². The van der Waals surface area contributed by atoms with Gasteiger partial charge in [-0.15, -0.1) is 0 Å². The lowest BCUT2D eigenvalue weighted by Gasteiger charge is -2.05. The summed E-state index contributed by atoms with van der Waals surface area (Å²) in [6, 6.07) is 0. The van der Waals surface area contributed by atoms with E-state index in [9.17, 15) is 13.2 Å². The lowest BCUT2D eigenvalue weighted by molar-refractivity contribution is -0.123. The molecule has 0 aromatic rings. The smallest absolute Gasteiger partial charge is 0.170 e. The summed E-state index contributed by atoms with van der Waals surface area (Å²) in [5, 5.41) is 0. The van der Waals surface area contributed by atoms with E-state index >= 15 is 0 Å². The van der Waals surface area contributed by atoms with E-state index in [2.05, 4.69) is 15.9 Å². The van der Waals surface area contributed by atoms with Crippen LogP contribution in [-0.2, 0) is 0 Å². The summed E-state index contributed by atoms with van der Waals surface area (Å²) in [4.78, 5) is -1.39. The van der Waals surface area contributed by atoms with Crippen molar-refractivity contribution in [3.63, 3.8) is 0 Å². The molecule has 0 heterocycles. The molecule has 4 heteroatoms. The topological polar surface area (TPSA) is 0 Å². The maximum absolute atomic E-state index is 11.1. The zero-order valence-electron chi connectivity index (χ0n) is 3.59. The molecule has 1 atom stereocenters. The predicted octanol–water partition coefficient (Wildman–Crippen LogP) is 2.33. The molecule has 44 valence electrons. The maximum atomic E-state index is 11.1. The molecule has 0 fully saturated rings. The molecule has 0 bridgehead atoms. The highest BCUT2D eigenvalue weighted by Gasteiger charge is 2.33. The standard InChI is InChI=1S/C3H4BrF3/c1-2(4)3(5,6)7/h2H,1H3. The SMILES string of the molecule is CC(Br)C(F)(F)F. The Hall–Kier alpha value is 0.270. The predicted molar refractivity (Wildman–Crippen MR) is 24.4 cm³/mol. The molecular weight excluding hydrogens is 173 g/mol. The van der Waals surface area contributed by atoms with E-state index in [1.807, 2.05) is 0 Å². The van der Waals surface area contributed by atoms with Crippen molar-refractivity contribution in [2.24, 2.45) is 0 Å². The Bertz CT molecular complexity index is 55.7. The summed E-state index contributed by atoms with van der Waals surface area (Å²) in [6.45, 7) is 1.04. The Kier molecular flexibility index (Phi) is 2.10. The van der Waals surface area contributed by atoms with Crippen LogP contribution in [0.1, 0.15) is 6.92 Å². The van der Waals surface area contributed by atoms with Crippen LogP contribution in [0.4, 0.5) is 13.2 Å². The van der Waals surface area contributed by atoms with Gasteiger partial charge in [0.05, 0.1) is 0 Å². The van der Waals surface area contributed by atoms with Gasteiger partial charge in [-0.1, -0.05) is 15.9 Å². The van der Waals surface area contributed by atoms with Crippen LogP contribution in [0, 0.1) is 0 Å². The summed E-state index contributed by atoms with van der Waals surface area (Å²) < 4.78 is 33.4. The van der Waals surface area contributed by atoms with E-state index in [4.69, 9.17) is 0 Å². The maximum Gasteiger partial charge on any atom is 0.400 e. The van der Waals surface area contributed by atoms with Gasteiger partial charge in [-0.3, -0.25) is 0 Å². The highest BCUT2D eigenvalue weighted by Crippen LogP contribution is 2.24.